The molecule has 134 valence electrons. The summed E-state index contributed by atoms with van der Waals surface area (Å²) in [5.41, 5.74) is -0.556. The molecule has 1 aliphatic carbocycles. The standard InChI is InChI=1S/C19H17FN2O4/c20-14-7-2-1-6-13(14)19(9-3-4-10-19)18(23)25-12-16-21-22-17(26-16)15-8-5-11-24-15/h1-2,5-8,11H,3-4,9-10,12H2. The summed E-state index contributed by atoms with van der Waals surface area (Å²) in [6.45, 7) is -0.164. The minimum absolute atomic E-state index is 0.159. The van der Waals surface area contributed by atoms with Gasteiger partial charge in [-0.05, 0) is 31.0 Å². The van der Waals surface area contributed by atoms with Crippen LogP contribution in [0.15, 0.2) is 51.5 Å². The van der Waals surface area contributed by atoms with E-state index in [1.165, 1.54) is 12.3 Å². The van der Waals surface area contributed by atoms with Crippen molar-refractivity contribution in [3.63, 3.8) is 0 Å². The molecule has 0 unspecified atom stereocenters. The third kappa shape index (κ3) is 2.89. The van der Waals surface area contributed by atoms with Crippen molar-refractivity contribution in [3.05, 3.63) is 59.9 Å². The number of ether oxygens (including phenoxy) is 1. The van der Waals surface area contributed by atoms with Crippen molar-refractivity contribution in [1.29, 1.82) is 0 Å². The first-order valence-corrected chi connectivity index (χ1v) is 8.47. The Kier molecular flexibility index (Phi) is 4.28. The number of rotatable bonds is 5. The maximum atomic E-state index is 14.3. The molecule has 1 aliphatic rings. The Balaban J connectivity index is 1.51. The highest BCUT2D eigenvalue weighted by Crippen LogP contribution is 2.43. The summed E-state index contributed by atoms with van der Waals surface area (Å²) in [6, 6.07) is 9.77. The number of esters is 1. The zero-order chi connectivity index (χ0) is 18.0. The highest BCUT2D eigenvalue weighted by molar-refractivity contribution is 5.83. The summed E-state index contributed by atoms with van der Waals surface area (Å²) >= 11 is 0. The van der Waals surface area contributed by atoms with E-state index in [4.69, 9.17) is 13.6 Å². The van der Waals surface area contributed by atoms with Crippen molar-refractivity contribution in [3.8, 4) is 11.7 Å². The van der Waals surface area contributed by atoms with Crippen molar-refractivity contribution in [2.75, 3.05) is 0 Å². The van der Waals surface area contributed by atoms with Gasteiger partial charge in [-0.3, -0.25) is 4.79 Å². The zero-order valence-electron chi connectivity index (χ0n) is 14.0. The Morgan fingerprint density at radius 1 is 1.15 bits per heavy atom. The van der Waals surface area contributed by atoms with Gasteiger partial charge in [0.05, 0.1) is 11.7 Å². The molecule has 1 saturated carbocycles. The van der Waals surface area contributed by atoms with Crippen LogP contribution in [0, 0.1) is 5.82 Å². The molecule has 0 amide bonds. The van der Waals surface area contributed by atoms with Gasteiger partial charge < -0.3 is 13.6 Å². The Hall–Kier alpha value is -2.96. The molecule has 0 spiro atoms. The lowest BCUT2D eigenvalue weighted by Crippen LogP contribution is -2.35. The van der Waals surface area contributed by atoms with Crippen molar-refractivity contribution in [1.82, 2.24) is 10.2 Å². The summed E-state index contributed by atoms with van der Waals surface area (Å²) in [5.74, 6) is -0.0343. The lowest BCUT2D eigenvalue weighted by atomic mass is 9.78. The van der Waals surface area contributed by atoms with Gasteiger partial charge in [0.1, 0.15) is 5.82 Å². The zero-order valence-corrected chi connectivity index (χ0v) is 14.0. The van der Waals surface area contributed by atoms with E-state index in [-0.39, 0.29) is 24.2 Å². The largest absolute Gasteiger partial charge is 0.459 e. The Labute approximate surface area is 149 Å². The molecule has 4 rings (SSSR count). The Morgan fingerprint density at radius 3 is 2.69 bits per heavy atom. The van der Waals surface area contributed by atoms with E-state index < -0.39 is 11.4 Å². The van der Waals surface area contributed by atoms with Crippen LogP contribution in [0.4, 0.5) is 4.39 Å². The van der Waals surface area contributed by atoms with E-state index in [0.717, 1.165) is 12.8 Å². The van der Waals surface area contributed by atoms with E-state index in [1.54, 1.807) is 30.3 Å². The summed E-state index contributed by atoms with van der Waals surface area (Å²) in [5, 5.41) is 7.72. The predicted octanol–water partition coefficient (Wildman–Crippen LogP) is 4.02. The molecule has 7 heteroatoms. The molecule has 3 aromatic rings. The molecule has 1 aromatic carbocycles. The van der Waals surface area contributed by atoms with E-state index in [0.29, 0.717) is 24.2 Å². The van der Waals surface area contributed by atoms with Crippen molar-refractivity contribution < 1.29 is 22.8 Å². The summed E-state index contributed by atoms with van der Waals surface area (Å²) < 4.78 is 30.4. The molecule has 0 radical (unpaired) electrons. The summed E-state index contributed by atoms with van der Waals surface area (Å²) in [4.78, 5) is 12.8. The average molecular weight is 356 g/mol. The van der Waals surface area contributed by atoms with Crippen LogP contribution in [0.2, 0.25) is 0 Å². The van der Waals surface area contributed by atoms with E-state index in [2.05, 4.69) is 10.2 Å². The van der Waals surface area contributed by atoms with Crippen LogP contribution in [-0.2, 0) is 21.6 Å². The second-order valence-corrected chi connectivity index (χ2v) is 6.32. The van der Waals surface area contributed by atoms with Crippen molar-refractivity contribution in [2.24, 2.45) is 0 Å². The van der Waals surface area contributed by atoms with Gasteiger partial charge in [0.25, 0.3) is 11.8 Å². The molecule has 2 aromatic heterocycles. The van der Waals surface area contributed by atoms with Gasteiger partial charge in [-0.2, -0.15) is 0 Å². The van der Waals surface area contributed by atoms with Gasteiger partial charge in [-0.15, -0.1) is 10.2 Å². The van der Waals surface area contributed by atoms with Gasteiger partial charge in [-0.1, -0.05) is 31.0 Å². The maximum Gasteiger partial charge on any atom is 0.317 e. The third-order valence-corrected chi connectivity index (χ3v) is 4.76. The SMILES string of the molecule is O=C(OCc1nnc(-c2ccco2)o1)C1(c2ccccc2F)CCCC1. The van der Waals surface area contributed by atoms with Crippen LogP contribution in [-0.4, -0.2) is 16.2 Å². The number of carbonyl (C=O) groups is 1. The topological polar surface area (TPSA) is 78.4 Å². The number of halogens is 1. The molecule has 0 aliphatic heterocycles. The summed E-state index contributed by atoms with van der Waals surface area (Å²) in [6.07, 6.45) is 4.33. The molecule has 0 saturated heterocycles. The highest BCUT2D eigenvalue weighted by Gasteiger charge is 2.45. The smallest absolute Gasteiger partial charge is 0.317 e. The molecule has 6 nitrogen and oxygen atoms in total. The molecule has 0 bridgehead atoms. The highest BCUT2D eigenvalue weighted by atomic mass is 19.1. The number of aromatic nitrogens is 2. The van der Waals surface area contributed by atoms with Crippen LogP contribution in [0.1, 0.15) is 37.1 Å². The second kappa shape index (κ2) is 6.74. The summed E-state index contributed by atoms with van der Waals surface area (Å²) in [7, 11) is 0. The van der Waals surface area contributed by atoms with Gasteiger partial charge in [0, 0.05) is 5.56 Å². The average Bonchev–Trinajstić information content (AvgIpc) is 3.41. The molecular weight excluding hydrogens is 339 g/mol. The first kappa shape index (κ1) is 16.5. The van der Waals surface area contributed by atoms with Crippen LogP contribution < -0.4 is 0 Å². The minimum atomic E-state index is -0.949. The first-order valence-electron chi connectivity index (χ1n) is 8.47. The monoisotopic (exact) mass is 356 g/mol. The molecule has 0 N–H and O–H groups in total. The molecule has 26 heavy (non-hydrogen) atoms. The number of carbonyl (C=O) groups excluding carboxylic acids is 1. The van der Waals surface area contributed by atoms with Crippen LogP contribution in [0.3, 0.4) is 0 Å². The van der Waals surface area contributed by atoms with Crippen LogP contribution in [0.5, 0.6) is 0 Å². The predicted molar refractivity (Wildman–Crippen MR) is 88.3 cm³/mol. The fraction of sp³-hybridized carbons (Fsp3) is 0.316. The van der Waals surface area contributed by atoms with E-state index >= 15 is 0 Å². The quantitative estimate of drug-likeness (QED) is 0.643. The fourth-order valence-electron chi connectivity index (χ4n) is 3.49. The first-order chi connectivity index (χ1) is 12.7. The Bertz CT molecular complexity index is 898. The number of hydrogen-bond donors (Lipinski definition) is 0. The maximum absolute atomic E-state index is 14.3. The molecule has 2 heterocycles. The Morgan fingerprint density at radius 2 is 1.96 bits per heavy atom. The van der Waals surface area contributed by atoms with E-state index in [1.807, 2.05) is 0 Å². The van der Waals surface area contributed by atoms with Crippen LogP contribution >= 0.6 is 0 Å². The normalized spacial score (nSPS) is 15.9. The minimum Gasteiger partial charge on any atom is -0.459 e. The van der Waals surface area contributed by atoms with Gasteiger partial charge in [0.15, 0.2) is 12.4 Å². The molecule has 0 atom stereocenters. The second-order valence-electron chi connectivity index (χ2n) is 6.32. The van der Waals surface area contributed by atoms with Crippen LogP contribution in [0.25, 0.3) is 11.7 Å². The fourth-order valence-corrected chi connectivity index (χ4v) is 3.49. The van der Waals surface area contributed by atoms with Gasteiger partial charge >= 0.3 is 5.97 Å². The van der Waals surface area contributed by atoms with Crippen molar-refractivity contribution in [2.45, 2.75) is 37.7 Å². The molecule has 1 fully saturated rings. The third-order valence-electron chi connectivity index (χ3n) is 4.76. The number of benzene rings is 1. The van der Waals surface area contributed by atoms with Gasteiger partial charge in [-0.25, -0.2) is 4.39 Å². The number of hydrogen-bond acceptors (Lipinski definition) is 6. The lowest BCUT2D eigenvalue weighted by Gasteiger charge is -2.27. The number of nitrogens with zero attached hydrogens (tertiary/aromatic N) is 2. The number of furan rings is 1. The van der Waals surface area contributed by atoms with Gasteiger partial charge in [0.2, 0.25) is 0 Å². The van der Waals surface area contributed by atoms with E-state index in [9.17, 15) is 9.18 Å². The lowest BCUT2D eigenvalue weighted by molar-refractivity contribution is -0.152. The van der Waals surface area contributed by atoms with Crippen molar-refractivity contribution >= 4 is 5.97 Å². The molecular formula is C19H17FN2O4.